The highest BCUT2D eigenvalue weighted by molar-refractivity contribution is 7.13. The van der Waals surface area contributed by atoms with Crippen molar-refractivity contribution in [1.29, 1.82) is 0 Å². The Morgan fingerprint density at radius 2 is 1.92 bits per heavy atom. The molecule has 2 aromatic rings. The first-order valence-corrected chi connectivity index (χ1v) is 9.24. The number of nitrogens with zero attached hydrogens (tertiary/aromatic N) is 2. The zero-order chi connectivity index (χ0) is 16.8. The maximum Gasteiger partial charge on any atom is 0.257 e. The highest BCUT2D eigenvalue weighted by Crippen LogP contribution is 2.21. The molecule has 6 heteroatoms. The van der Waals surface area contributed by atoms with Gasteiger partial charge >= 0.3 is 0 Å². The molecular formula is C18H23N3O2S. The van der Waals surface area contributed by atoms with Crippen molar-refractivity contribution in [3.8, 4) is 0 Å². The van der Waals surface area contributed by atoms with E-state index in [4.69, 9.17) is 4.74 Å². The summed E-state index contributed by atoms with van der Waals surface area (Å²) in [5.74, 6) is -0.129. The molecule has 0 bridgehead atoms. The average Bonchev–Trinajstić information content (AvgIpc) is 2.86. The van der Waals surface area contributed by atoms with Crippen LogP contribution in [0.4, 0.5) is 10.8 Å². The summed E-state index contributed by atoms with van der Waals surface area (Å²) < 4.78 is 5.04. The number of carbonyl (C=O) groups is 1. The Bertz CT molecular complexity index is 661. The molecule has 2 heterocycles. The maximum atomic E-state index is 12.3. The van der Waals surface area contributed by atoms with Gasteiger partial charge in [-0.05, 0) is 37.1 Å². The van der Waals surface area contributed by atoms with Crippen LogP contribution in [0.5, 0.6) is 0 Å². The lowest BCUT2D eigenvalue weighted by molar-refractivity contribution is 0.102. The minimum atomic E-state index is -0.129. The first-order valence-electron chi connectivity index (χ1n) is 8.36. The zero-order valence-electron chi connectivity index (χ0n) is 14.0. The Hall–Kier alpha value is -1.92. The lowest BCUT2D eigenvalue weighted by Crippen LogP contribution is -2.23. The van der Waals surface area contributed by atoms with Crippen molar-refractivity contribution in [1.82, 2.24) is 4.98 Å². The summed E-state index contributed by atoms with van der Waals surface area (Å²) in [6, 6.07) is 7.86. The van der Waals surface area contributed by atoms with E-state index < -0.39 is 0 Å². The summed E-state index contributed by atoms with van der Waals surface area (Å²) >= 11 is 1.41. The van der Waals surface area contributed by atoms with Crippen LogP contribution in [-0.2, 0) is 11.3 Å². The van der Waals surface area contributed by atoms with E-state index in [1.165, 1.54) is 42.7 Å². The largest absolute Gasteiger partial charge is 0.378 e. The van der Waals surface area contributed by atoms with Crippen LogP contribution in [0.3, 0.4) is 0 Å². The molecule has 1 N–H and O–H groups in total. The smallest absolute Gasteiger partial charge is 0.257 e. The molecule has 1 aromatic carbocycles. The molecule has 0 unspecified atom stereocenters. The minimum Gasteiger partial charge on any atom is -0.378 e. The van der Waals surface area contributed by atoms with Crippen LogP contribution in [-0.4, -0.2) is 31.1 Å². The molecule has 5 nitrogen and oxygen atoms in total. The summed E-state index contributed by atoms with van der Waals surface area (Å²) in [6.07, 6.45) is 5.12. The van der Waals surface area contributed by atoms with Gasteiger partial charge in [-0.1, -0.05) is 12.8 Å². The topological polar surface area (TPSA) is 54.5 Å². The fourth-order valence-corrected chi connectivity index (χ4v) is 3.59. The summed E-state index contributed by atoms with van der Waals surface area (Å²) in [6.45, 7) is 2.66. The van der Waals surface area contributed by atoms with Gasteiger partial charge in [-0.25, -0.2) is 4.98 Å². The molecule has 1 saturated heterocycles. The maximum absolute atomic E-state index is 12.3. The lowest BCUT2D eigenvalue weighted by Gasteiger charge is -2.22. The fourth-order valence-electron chi connectivity index (χ4n) is 2.90. The number of amides is 1. The number of thiazole rings is 1. The predicted octanol–water partition coefficient (Wildman–Crippen LogP) is 3.92. The van der Waals surface area contributed by atoms with E-state index in [9.17, 15) is 4.79 Å². The van der Waals surface area contributed by atoms with Crippen molar-refractivity contribution in [2.45, 2.75) is 32.3 Å². The second-order valence-electron chi connectivity index (χ2n) is 5.98. The molecule has 128 valence electrons. The molecule has 1 aliphatic rings. The first-order chi connectivity index (χ1) is 11.8. The number of carbonyl (C=O) groups excluding carboxylic acids is 1. The molecule has 0 aliphatic carbocycles. The average molecular weight is 345 g/mol. The van der Waals surface area contributed by atoms with Gasteiger partial charge in [0.25, 0.3) is 5.91 Å². The zero-order valence-corrected chi connectivity index (χ0v) is 14.8. The highest BCUT2D eigenvalue weighted by atomic mass is 32.1. The SMILES string of the molecule is COCc1csc(NC(=O)c2ccc(N3CCCCCC3)cc2)n1. The van der Waals surface area contributed by atoms with Crippen molar-refractivity contribution in [2.24, 2.45) is 0 Å². The second-order valence-corrected chi connectivity index (χ2v) is 6.84. The molecule has 0 atom stereocenters. The number of hydrogen-bond donors (Lipinski definition) is 1. The van der Waals surface area contributed by atoms with Crippen LogP contribution < -0.4 is 10.2 Å². The normalized spacial score (nSPS) is 15.1. The van der Waals surface area contributed by atoms with Gasteiger partial charge in [-0.3, -0.25) is 10.1 Å². The molecule has 3 rings (SSSR count). The van der Waals surface area contributed by atoms with Gasteiger partial charge in [0.05, 0.1) is 12.3 Å². The lowest BCUT2D eigenvalue weighted by atomic mass is 10.2. The van der Waals surface area contributed by atoms with E-state index in [-0.39, 0.29) is 5.91 Å². The number of benzene rings is 1. The number of aromatic nitrogens is 1. The third-order valence-corrected chi connectivity index (χ3v) is 4.97. The van der Waals surface area contributed by atoms with E-state index >= 15 is 0 Å². The predicted molar refractivity (Wildman–Crippen MR) is 97.9 cm³/mol. The number of ether oxygens (including phenoxy) is 1. The Kier molecular flexibility index (Phi) is 5.82. The molecular weight excluding hydrogens is 322 g/mol. The fraction of sp³-hybridized carbons (Fsp3) is 0.444. The number of hydrogen-bond acceptors (Lipinski definition) is 5. The van der Waals surface area contributed by atoms with Gasteiger partial charge in [0.2, 0.25) is 0 Å². The Labute approximate surface area is 146 Å². The standard InChI is InChI=1S/C18H23N3O2S/c1-23-12-15-13-24-18(19-15)20-17(22)14-6-8-16(9-7-14)21-10-4-2-3-5-11-21/h6-9,13H,2-5,10-12H2,1H3,(H,19,20,22). The second kappa shape index (κ2) is 8.26. The van der Waals surface area contributed by atoms with Gasteiger partial charge in [0.1, 0.15) is 0 Å². The van der Waals surface area contributed by atoms with E-state index in [1.807, 2.05) is 29.6 Å². The molecule has 1 fully saturated rings. The summed E-state index contributed by atoms with van der Waals surface area (Å²) in [5.41, 5.74) is 2.68. The van der Waals surface area contributed by atoms with Crippen LogP contribution in [0, 0.1) is 0 Å². The van der Waals surface area contributed by atoms with Crippen molar-refractivity contribution in [2.75, 3.05) is 30.4 Å². The number of rotatable bonds is 5. The first kappa shape index (κ1) is 16.9. The third-order valence-electron chi connectivity index (χ3n) is 4.17. The summed E-state index contributed by atoms with van der Waals surface area (Å²) in [5, 5.41) is 5.34. The molecule has 1 amide bonds. The molecule has 0 saturated carbocycles. The summed E-state index contributed by atoms with van der Waals surface area (Å²) in [7, 11) is 1.63. The van der Waals surface area contributed by atoms with E-state index in [0.717, 1.165) is 18.8 Å². The van der Waals surface area contributed by atoms with Crippen LogP contribution in [0.25, 0.3) is 0 Å². The molecule has 1 aliphatic heterocycles. The minimum absolute atomic E-state index is 0.129. The number of anilines is 2. The van der Waals surface area contributed by atoms with Gasteiger partial charge in [0, 0.05) is 36.8 Å². The van der Waals surface area contributed by atoms with E-state index in [0.29, 0.717) is 17.3 Å². The van der Waals surface area contributed by atoms with Crippen molar-refractivity contribution in [3.05, 3.63) is 40.9 Å². The van der Waals surface area contributed by atoms with Crippen LogP contribution >= 0.6 is 11.3 Å². The Morgan fingerprint density at radius 1 is 1.21 bits per heavy atom. The molecule has 1 aromatic heterocycles. The van der Waals surface area contributed by atoms with Gasteiger partial charge in [0.15, 0.2) is 5.13 Å². The van der Waals surface area contributed by atoms with Gasteiger partial charge < -0.3 is 9.64 Å². The van der Waals surface area contributed by atoms with Crippen molar-refractivity contribution < 1.29 is 9.53 Å². The van der Waals surface area contributed by atoms with Crippen LogP contribution in [0.1, 0.15) is 41.7 Å². The number of nitrogens with one attached hydrogen (secondary N) is 1. The molecule has 24 heavy (non-hydrogen) atoms. The quantitative estimate of drug-likeness (QED) is 0.892. The van der Waals surface area contributed by atoms with Crippen LogP contribution in [0.2, 0.25) is 0 Å². The highest BCUT2D eigenvalue weighted by Gasteiger charge is 2.12. The third kappa shape index (κ3) is 4.33. The van der Waals surface area contributed by atoms with Crippen molar-refractivity contribution >= 4 is 28.1 Å². The number of methoxy groups -OCH3 is 1. The monoisotopic (exact) mass is 345 g/mol. The van der Waals surface area contributed by atoms with Crippen molar-refractivity contribution in [3.63, 3.8) is 0 Å². The Morgan fingerprint density at radius 3 is 2.58 bits per heavy atom. The van der Waals surface area contributed by atoms with Gasteiger partial charge in [-0.15, -0.1) is 11.3 Å². The van der Waals surface area contributed by atoms with Crippen LogP contribution in [0.15, 0.2) is 29.6 Å². The Balaban J connectivity index is 1.62. The summed E-state index contributed by atoms with van der Waals surface area (Å²) in [4.78, 5) is 19.1. The molecule has 0 spiro atoms. The van der Waals surface area contributed by atoms with Gasteiger partial charge in [-0.2, -0.15) is 0 Å². The molecule has 0 radical (unpaired) electrons. The van der Waals surface area contributed by atoms with E-state index in [2.05, 4.69) is 15.2 Å². The van der Waals surface area contributed by atoms with E-state index in [1.54, 1.807) is 7.11 Å².